The molecule has 0 N–H and O–H groups in total. The van der Waals surface area contributed by atoms with Gasteiger partial charge in [-0.05, 0) is 213 Å². The number of hydrogen-bond acceptors (Lipinski definition) is 12. The summed E-state index contributed by atoms with van der Waals surface area (Å²) in [5.74, 6) is 0.778. The van der Waals surface area contributed by atoms with E-state index in [0.29, 0.717) is 82.8 Å². The highest BCUT2D eigenvalue weighted by Gasteiger charge is 2.28. The van der Waals surface area contributed by atoms with Gasteiger partial charge < -0.3 is 28.4 Å². The number of carbonyl (C=O) groups is 6. The van der Waals surface area contributed by atoms with Crippen LogP contribution in [0, 0.1) is 21.7 Å². The third kappa shape index (κ3) is 19.0. The average molecular weight is 999 g/mol. The molecule has 0 aliphatic carbocycles. The van der Waals surface area contributed by atoms with E-state index >= 15 is 0 Å². The van der Waals surface area contributed by atoms with Crippen molar-refractivity contribution in [2.75, 3.05) is 13.2 Å². The fourth-order valence-electron chi connectivity index (χ4n) is 5.91. The molecule has 4 aromatic rings. The van der Waals surface area contributed by atoms with Crippen molar-refractivity contribution in [1.82, 2.24) is 0 Å². The molecular weight excluding hydrogens is 925 g/mol. The van der Waals surface area contributed by atoms with Crippen LogP contribution in [0.25, 0.3) is 12.2 Å². The molecule has 0 spiro atoms. The molecule has 4 rings (SSSR count). The number of benzene rings is 4. The van der Waals surface area contributed by atoms with E-state index in [2.05, 4.69) is 6.58 Å². The van der Waals surface area contributed by atoms with Crippen molar-refractivity contribution in [1.29, 1.82) is 0 Å². The van der Waals surface area contributed by atoms with E-state index in [4.69, 9.17) is 28.4 Å². The summed E-state index contributed by atoms with van der Waals surface area (Å²) < 4.78 is 33.7. The molecule has 0 heterocycles. The topological polar surface area (TPSA) is 158 Å². The first-order chi connectivity index (χ1) is 34.0. The number of carbonyl (C=O) groups excluding carboxylic acids is 6. The smallest absolute Gasteiger partial charge is 0.316 e. The Morgan fingerprint density at radius 3 is 1.10 bits per heavy atom. The van der Waals surface area contributed by atoms with Gasteiger partial charge in [-0.2, -0.15) is 0 Å². The fraction of sp³-hybridized carbons (Fsp3) is 0.377. The molecule has 0 aliphatic rings. The first-order valence-electron chi connectivity index (χ1n) is 24.4. The molecule has 0 unspecified atom stereocenters. The molecule has 0 saturated carbocycles. The van der Waals surface area contributed by atoms with Gasteiger partial charge in [-0.1, -0.05) is 18.2 Å². The van der Waals surface area contributed by atoms with Crippen LogP contribution in [0.3, 0.4) is 0 Å². The summed E-state index contributed by atoms with van der Waals surface area (Å²) in [6, 6.07) is 19.9. The van der Waals surface area contributed by atoms with Crippen LogP contribution in [0.15, 0.2) is 110 Å². The van der Waals surface area contributed by atoms with E-state index in [1.165, 1.54) is 12.2 Å². The second-order valence-corrected chi connectivity index (χ2v) is 21.1. The van der Waals surface area contributed by atoms with Gasteiger partial charge in [0.1, 0.15) is 34.5 Å². The normalized spacial score (nSPS) is 11.9. The molecule has 0 aromatic heterocycles. The zero-order valence-electron chi connectivity index (χ0n) is 45.4. The molecule has 4 aromatic carbocycles. The maximum absolute atomic E-state index is 12.8. The van der Waals surface area contributed by atoms with Crippen molar-refractivity contribution in [2.45, 2.75) is 117 Å². The lowest BCUT2D eigenvalue weighted by Crippen LogP contribution is -2.26. The van der Waals surface area contributed by atoms with Crippen molar-refractivity contribution < 1.29 is 57.2 Å². The van der Waals surface area contributed by atoms with Crippen LogP contribution >= 0.6 is 0 Å². The molecule has 0 fully saturated rings. The molecule has 390 valence electrons. The van der Waals surface area contributed by atoms with E-state index in [-0.39, 0.29) is 35.4 Å². The monoisotopic (exact) mass is 999 g/mol. The molecule has 0 radical (unpaired) electrons. The lowest BCUT2D eigenvalue weighted by Gasteiger charge is -2.19. The van der Waals surface area contributed by atoms with Crippen LogP contribution in [0.1, 0.15) is 147 Å². The van der Waals surface area contributed by atoms with Crippen molar-refractivity contribution >= 4 is 47.6 Å². The van der Waals surface area contributed by atoms with E-state index in [0.717, 1.165) is 11.1 Å². The molecule has 0 aliphatic heterocycles. The standard InChI is InChI=1S/C31H38O6.C30H36O6/c1-9-11-12-22-19-23(26(35-10-2)20-27(22)37-29(34)31(6,7)8)15-18-25(32)21-13-16-24(17-14-21)36-28(33)30(3,4)5;1-9-11-21-18-22(25(34-10-2)19-26(21)36-28(33)30(6,7)8)14-17-24(31)20-12-15-23(16-13-20)35-27(32)29(3,4)5/h9,11,13-20H,10,12H2,1-8H3;9,12-19H,1,10-11H2,2-8H3. The highest BCUT2D eigenvalue weighted by atomic mass is 16.6. The Balaban J connectivity index is 0.000000385. The van der Waals surface area contributed by atoms with Gasteiger partial charge in [-0.3, -0.25) is 28.8 Å². The van der Waals surface area contributed by atoms with Crippen LogP contribution < -0.4 is 28.4 Å². The zero-order chi connectivity index (χ0) is 54.9. The predicted octanol–water partition coefficient (Wildman–Crippen LogP) is 13.6. The fourth-order valence-corrected chi connectivity index (χ4v) is 5.91. The number of rotatable bonds is 18. The molecule has 0 saturated heterocycles. The van der Waals surface area contributed by atoms with Gasteiger partial charge in [0, 0.05) is 34.4 Å². The van der Waals surface area contributed by atoms with Gasteiger partial charge in [0.25, 0.3) is 0 Å². The first-order valence-corrected chi connectivity index (χ1v) is 24.4. The number of ketones is 2. The molecule has 12 nitrogen and oxygen atoms in total. The second kappa shape index (κ2) is 26.4. The highest BCUT2D eigenvalue weighted by Crippen LogP contribution is 2.35. The van der Waals surface area contributed by atoms with Gasteiger partial charge >= 0.3 is 23.9 Å². The number of hydrogen-bond donors (Lipinski definition) is 0. The quantitative estimate of drug-likeness (QED) is 0.0306. The Kier molecular flexibility index (Phi) is 21.7. The minimum Gasteiger partial charge on any atom is -0.493 e. The first kappa shape index (κ1) is 60.0. The maximum atomic E-state index is 12.8. The summed E-state index contributed by atoms with van der Waals surface area (Å²) in [6.45, 7) is 31.6. The lowest BCUT2D eigenvalue weighted by molar-refractivity contribution is -0.143. The summed E-state index contributed by atoms with van der Waals surface area (Å²) in [4.78, 5) is 74.8. The molecule has 12 heteroatoms. The van der Waals surface area contributed by atoms with Crippen molar-refractivity contribution in [3.8, 4) is 34.5 Å². The molecule has 0 amide bonds. The summed E-state index contributed by atoms with van der Waals surface area (Å²) >= 11 is 0. The van der Waals surface area contributed by atoms with Gasteiger partial charge in [-0.25, -0.2) is 0 Å². The maximum Gasteiger partial charge on any atom is 0.316 e. The zero-order valence-corrected chi connectivity index (χ0v) is 45.4. The summed E-state index contributed by atoms with van der Waals surface area (Å²) in [7, 11) is 0. The summed E-state index contributed by atoms with van der Waals surface area (Å²) in [5.41, 5.74) is 1.26. The van der Waals surface area contributed by atoms with Crippen LogP contribution in [-0.4, -0.2) is 48.7 Å². The Labute approximate surface area is 432 Å². The highest BCUT2D eigenvalue weighted by molar-refractivity contribution is 6.07. The third-order valence-electron chi connectivity index (χ3n) is 10.3. The molecule has 73 heavy (non-hydrogen) atoms. The van der Waals surface area contributed by atoms with Crippen LogP contribution in [-0.2, 0) is 32.0 Å². The molecular formula is C61H74O12. The Hall–Kier alpha value is -7.34. The Morgan fingerprint density at radius 2 is 0.795 bits per heavy atom. The Bertz CT molecular complexity index is 2690. The number of esters is 4. The van der Waals surface area contributed by atoms with Crippen molar-refractivity contribution in [3.05, 3.63) is 143 Å². The average Bonchev–Trinajstić information content (AvgIpc) is 3.30. The van der Waals surface area contributed by atoms with E-state index < -0.39 is 21.7 Å². The van der Waals surface area contributed by atoms with Crippen molar-refractivity contribution in [3.63, 3.8) is 0 Å². The lowest BCUT2D eigenvalue weighted by atomic mass is 9.97. The number of allylic oxidation sites excluding steroid dienone is 5. The number of ether oxygens (including phenoxy) is 6. The SMILES string of the molecule is C=CCc1cc(C=CC(=O)c2ccc(OC(=O)C(C)(C)C)cc2)c(OCC)cc1OC(=O)C(C)(C)C.CC=CCc1cc(C=CC(=O)c2ccc(OC(=O)C(C)(C)C)cc2)c(OCC)cc1OC(=O)C(C)(C)C. The summed E-state index contributed by atoms with van der Waals surface area (Å²) in [5, 5.41) is 0. The van der Waals surface area contributed by atoms with Crippen molar-refractivity contribution in [2.24, 2.45) is 21.7 Å². The Morgan fingerprint density at radius 1 is 0.466 bits per heavy atom. The van der Waals surface area contributed by atoms with Crippen LogP contribution in [0.4, 0.5) is 0 Å². The van der Waals surface area contributed by atoms with E-state index in [1.807, 2.05) is 45.1 Å². The second-order valence-electron chi connectivity index (χ2n) is 21.1. The predicted molar refractivity (Wildman–Crippen MR) is 288 cm³/mol. The van der Waals surface area contributed by atoms with E-state index in [9.17, 15) is 28.8 Å². The van der Waals surface area contributed by atoms with Gasteiger partial charge in [0.15, 0.2) is 11.6 Å². The third-order valence-corrected chi connectivity index (χ3v) is 10.3. The van der Waals surface area contributed by atoms with Crippen LogP contribution in [0.2, 0.25) is 0 Å². The minimum absolute atomic E-state index is 0.214. The largest absolute Gasteiger partial charge is 0.493 e. The molecule has 0 bridgehead atoms. The van der Waals surface area contributed by atoms with Crippen LogP contribution in [0.5, 0.6) is 34.5 Å². The van der Waals surface area contributed by atoms with E-state index in [1.54, 1.807) is 162 Å². The summed E-state index contributed by atoms with van der Waals surface area (Å²) in [6.07, 6.45) is 12.9. The van der Waals surface area contributed by atoms with Gasteiger partial charge in [-0.15, -0.1) is 6.58 Å². The van der Waals surface area contributed by atoms with Gasteiger partial charge in [0.2, 0.25) is 0 Å². The molecule has 0 atom stereocenters. The minimum atomic E-state index is -0.664. The van der Waals surface area contributed by atoms with Gasteiger partial charge in [0.05, 0.1) is 34.9 Å².